The van der Waals surface area contributed by atoms with Crippen molar-refractivity contribution >= 4 is 55.1 Å². The van der Waals surface area contributed by atoms with E-state index in [2.05, 4.69) is 21.2 Å². The van der Waals surface area contributed by atoms with Crippen molar-refractivity contribution in [3.63, 3.8) is 0 Å². The summed E-state index contributed by atoms with van der Waals surface area (Å²) >= 11 is 15.4. The minimum absolute atomic E-state index is 0.0227. The predicted molar refractivity (Wildman–Crippen MR) is 131 cm³/mol. The van der Waals surface area contributed by atoms with E-state index in [9.17, 15) is 17.6 Å². The molecule has 3 aromatic rings. The highest BCUT2D eigenvalue weighted by Gasteiger charge is 2.29. The summed E-state index contributed by atoms with van der Waals surface area (Å²) in [5, 5.41) is 3.21. The zero-order valence-electron chi connectivity index (χ0n) is 17.4. The van der Waals surface area contributed by atoms with Crippen LogP contribution < -0.4 is 5.32 Å². The molecule has 0 radical (unpaired) electrons. The first-order chi connectivity index (χ1) is 15.6. The molecule has 0 saturated carbocycles. The van der Waals surface area contributed by atoms with Crippen molar-refractivity contribution < 1.29 is 17.6 Å². The van der Waals surface area contributed by atoms with Gasteiger partial charge in [0.1, 0.15) is 5.82 Å². The van der Waals surface area contributed by atoms with E-state index in [4.69, 9.17) is 23.2 Å². The van der Waals surface area contributed by atoms with E-state index >= 15 is 0 Å². The molecule has 1 atom stereocenters. The molecule has 0 aliphatic heterocycles. The first-order valence-corrected chi connectivity index (χ1v) is 12.8. The zero-order valence-corrected chi connectivity index (χ0v) is 21.3. The molecule has 0 fully saturated rings. The van der Waals surface area contributed by atoms with Crippen molar-refractivity contribution in [3.05, 3.63) is 98.2 Å². The van der Waals surface area contributed by atoms with Crippen LogP contribution in [0.5, 0.6) is 0 Å². The highest BCUT2D eigenvalue weighted by Crippen LogP contribution is 2.25. The van der Waals surface area contributed by atoms with Crippen molar-refractivity contribution in [2.24, 2.45) is 0 Å². The van der Waals surface area contributed by atoms with Gasteiger partial charge >= 0.3 is 0 Å². The van der Waals surface area contributed by atoms with E-state index in [1.165, 1.54) is 42.5 Å². The van der Waals surface area contributed by atoms with Crippen LogP contribution in [0, 0.1) is 5.82 Å². The maximum atomic E-state index is 14.4. The van der Waals surface area contributed by atoms with Crippen LogP contribution in [-0.4, -0.2) is 25.2 Å². The summed E-state index contributed by atoms with van der Waals surface area (Å²) in [5.41, 5.74) is 0.821. The summed E-state index contributed by atoms with van der Waals surface area (Å²) in [6, 6.07) is 16.6. The van der Waals surface area contributed by atoms with Crippen LogP contribution >= 0.6 is 39.1 Å². The van der Waals surface area contributed by atoms with E-state index in [0.717, 1.165) is 14.3 Å². The maximum Gasteiger partial charge on any atom is 0.243 e. The summed E-state index contributed by atoms with van der Waals surface area (Å²) in [7, 11) is -4.17. The monoisotopic (exact) mass is 572 g/mol. The van der Waals surface area contributed by atoms with Crippen LogP contribution in [0.4, 0.5) is 4.39 Å². The average Bonchev–Trinajstić information content (AvgIpc) is 2.76. The zero-order chi connectivity index (χ0) is 24.2. The molecule has 0 heterocycles. The molecule has 0 unspecified atom stereocenters. The van der Waals surface area contributed by atoms with E-state index in [1.807, 2.05) is 24.3 Å². The second-order valence-electron chi connectivity index (χ2n) is 7.27. The van der Waals surface area contributed by atoms with E-state index < -0.39 is 34.8 Å². The molecule has 3 rings (SSSR count). The van der Waals surface area contributed by atoms with Crippen LogP contribution in [0.3, 0.4) is 0 Å². The van der Waals surface area contributed by atoms with Crippen LogP contribution in [0.25, 0.3) is 0 Å². The average molecular weight is 574 g/mol. The van der Waals surface area contributed by atoms with Gasteiger partial charge in [-0.1, -0.05) is 57.3 Å². The number of benzene rings is 3. The normalized spacial score (nSPS) is 12.5. The first kappa shape index (κ1) is 25.6. The Labute approximate surface area is 210 Å². The van der Waals surface area contributed by atoms with Gasteiger partial charge in [0, 0.05) is 26.6 Å². The molecule has 0 aliphatic carbocycles. The first-order valence-electron chi connectivity index (χ1n) is 9.81. The number of sulfonamides is 1. The summed E-state index contributed by atoms with van der Waals surface area (Å²) < 4.78 is 42.9. The van der Waals surface area contributed by atoms with Gasteiger partial charge in [0.15, 0.2) is 0 Å². The minimum atomic E-state index is -4.17. The fourth-order valence-electron chi connectivity index (χ4n) is 3.12. The van der Waals surface area contributed by atoms with Gasteiger partial charge in [0.25, 0.3) is 0 Å². The third-order valence-electron chi connectivity index (χ3n) is 4.92. The molecule has 10 heteroatoms. The van der Waals surface area contributed by atoms with Crippen molar-refractivity contribution in [1.29, 1.82) is 0 Å². The summed E-state index contributed by atoms with van der Waals surface area (Å²) in [6.07, 6.45) is 0. The van der Waals surface area contributed by atoms with Crippen LogP contribution in [0.15, 0.2) is 76.1 Å². The molecule has 0 bridgehead atoms. The van der Waals surface area contributed by atoms with Gasteiger partial charge in [-0.15, -0.1) is 0 Å². The third-order valence-corrected chi connectivity index (χ3v) is 7.86. The Morgan fingerprint density at radius 2 is 1.70 bits per heavy atom. The van der Waals surface area contributed by atoms with Gasteiger partial charge in [-0.05, 0) is 61.0 Å². The lowest BCUT2D eigenvalue weighted by atomic mass is 10.1. The summed E-state index contributed by atoms with van der Waals surface area (Å²) in [4.78, 5) is 12.7. The second-order valence-corrected chi connectivity index (χ2v) is 11.0. The van der Waals surface area contributed by atoms with E-state index in [0.29, 0.717) is 5.02 Å². The minimum Gasteiger partial charge on any atom is -0.348 e. The lowest BCUT2D eigenvalue weighted by Crippen LogP contribution is -2.41. The Bertz CT molecular complexity index is 1220. The van der Waals surface area contributed by atoms with Crippen molar-refractivity contribution in [1.82, 2.24) is 9.62 Å². The fourth-order valence-corrected chi connectivity index (χ4v) is 5.10. The van der Waals surface area contributed by atoms with Crippen molar-refractivity contribution in [2.75, 3.05) is 6.54 Å². The number of rotatable bonds is 8. The molecule has 0 spiro atoms. The van der Waals surface area contributed by atoms with Crippen LogP contribution in [-0.2, 0) is 21.4 Å². The standard InChI is InChI=1S/C23H20BrCl2FN2O3S/c1-15(16-5-7-17(24)8-6-16)28-23(30)14-29(13-20-21(26)3-2-4-22(20)27)33(31,32)19-11-9-18(25)10-12-19/h2-12,15H,13-14H2,1H3,(H,28,30)/t15-/m0/s1. The molecule has 0 aliphatic rings. The molecule has 1 N–H and O–H groups in total. The maximum absolute atomic E-state index is 14.4. The Morgan fingerprint density at radius 1 is 1.06 bits per heavy atom. The Morgan fingerprint density at radius 3 is 2.30 bits per heavy atom. The smallest absolute Gasteiger partial charge is 0.243 e. The second kappa shape index (κ2) is 11.0. The predicted octanol–water partition coefficient (Wildman–Crippen LogP) is 5.96. The number of hydrogen-bond donors (Lipinski definition) is 1. The Hall–Kier alpha value is -1.97. The topological polar surface area (TPSA) is 66.5 Å². The molecule has 174 valence electrons. The number of carbonyl (C=O) groups is 1. The molecule has 33 heavy (non-hydrogen) atoms. The van der Waals surface area contributed by atoms with Crippen LogP contribution in [0.1, 0.15) is 24.1 Å². The molecular formula is C23H20BrCl2FN2O3S. The number of carbonyl (C=O) groups excluding carboxylic acids is 1. The van der Waals surface area contributed by atoms with E-state index in [1.54, 1.807) is 6.92 Å². The van der Waals surface area contributed by atoms with Gasteiger partial charge in [-0.2, -0.15) is 4.31 Å². The van der Waals surface area contributed by atoms with Gasteiger partial charge in [0.2, 0.25) is 15.9 Å². The summed E-state index contributed by atoms with van der Waals surface area (Å²) in [5.74, 6) is -1.21. The molecule has 0 aromatic heterocycles. The third kappa shape index (κ3) is 6.55. The molecule has 0 saturated heterocycles. The largest absolute Gasteiger partial charge is 0.348 e. The van der Waals surface area contributed by atoms with Crippen molar-refractivity contribution in [2.45, 2.75) is 24.4 Å². The summed E-state index contributed by atoms with van der Waals surface area (Å²) in [6.45, 7) is 0.833. The van der Waals surface area contributed by atoms with Gasteiger partial charge in [-0.3, -0.25) is 4.79 Å². The number of nitrogens with one attached hydrogen (secondary N) is 1. The molecule has 1 amide bonds. The van der Waals surface area contributed by atoms with Crippen molar-refractivity contribution in [3.8, 4) is 0 Å². The highest BCUT2D eigenvalue weighted by atomic mass is 79.9. The SMILES string of the molecule is C[C@H](NC(=O)CN(Cc1c(F)cccc1Cl)S(=O)(=O)c1ccc(Cl)cc1)c1ccc(Br)cc1. The Kier molecular flexibility index (Phi) is 8.53. The van der Waals surface area contributed by atoms with E-state index in [-0.39, 0.29) is 21.5 Å². The Balaban J connectivity index is 1.88. The number of amides is 1. The fraction of sp³-hybridized carbons (Fsp3) is 0.174. The molecule has 3 aromatic carbocycles. The van der Waals surface area contributed by atoms with Gasteiger partial charge in [0.05, 0.1) is 17.5 Å². The lowest BCUT2D eigenvalue weighted by Gasteiger charge is -2.24. The lowest BCUT2D eigenvalue weighted by molar-refractivity contribution is -0.122. The number of halogens is 4. The quantitative estimate of drug-likeness (QED) is 0.361. The highest BCUT2D eigenvalue weighted by molar-refractivity contribution is 9.10. The number of hydrogen-bond acceptors (Lipinski definition) is 3. The van der Waals surface area contributed by atoms with Crippen LogP contribution in [0.2, 0.25) is 10.0 Å². The number of nitrogens with zero attached hydrogens (tertiary/aromatic N) is 1. The van der Waals surface area contributed by atoms with Gasteiger partial charge in [-0.25, -0.2) is 12.8 Å². The molecular weight excluding hydrogens is 554 g/mol. The van der Waals surface area contributed by atoms with Gasteiger partial charge < -0.3 is 5.32 Å². The molecule has 5 nitrogen and oxygen atoms in total.